The molecule has 0 saturated carbocycles. The molecule has 1 heterocycles. The van der Waals surface area contributed by atoms with Crippen LogP contribution in [-0.4, -0.2) is 34.2 Å². The van der Waals surface area contributed by atoms with Crippen LogP contribution in [0.25, 0.3) is 5.69 Å². The van der Waals surface area contributed by atoms with Gasteiger partial charge in [-0.25, -0.2) is 4.68 Å². The third-order valence-electron chi connectivity index (χ3n) is 5.89. The fourth-order valence-electron chi connectivity index (χ4n) is 4.06. The smallest absolute Gasteiger partial charge is 0.326 e. The Hall–Kier alpha value is -3.60. The number of nitrogens with zero attached hydrogens (tertiary/aromatic N) is 2. The molecule has 0 spiro atoms. The lowest BCUT2D eigenvalue weighted by atomic mass is 9.98. The van der Waals surface area contributed by atoms with Gasteiger partial charge in [-0.3, -0.25) is 4.79 Å². The Morgan fingerprint density at radius 2 is 1.74 bits per heavy atom. The predicted molar refractivity (Wildman–Crippen MR) is 146 cm³/mol. The molecule has 0 radical (unpaired) electrons. The van der Waals surface area contributed by atoms with Gasteiger partial charge in [0, 0.05) is 30.6 Å². The topological polar surface area (TPSA) is 85.0 Å². The number of rotatable bonds is 10. The third-order valence-corrected chi connectivity index (χ3v) is 6.50. The van der Waals surface area contributed by atoms with Crippen LogP contribution in [0, 0.1) is 0 Å². The quantitative estimate of drug-likeness (QED) is 0.227. The molecule has 0 aliphatic carbocycles. The monoisotopic (exact) mass is 539 g/mol. The molecule has 6 nitrogen and oxygen atoms in total. The van der Waals surface area contributed by atoms with Crippen LogP contribution >= 0.6 is 11.8 Å². The average molecular weight is 540 g/mol. The molecule has 1 aromatic heterocycles. The van der Waals surface area contributed by atoms with Gasteiger partial charge in [-0.1, -0.05) is 54.6 Å². The molecule has 0 saturated heterocycles. The summed E-state index contributed by atoms with van der Waals surface area (Å²) >= 11 is 1.73. The second-order valence-corrected chi connectivity index (χ2v) is 9.55. The standard InChI is InChI=1S/C28H28F3N5OS/c1-38-14-13-33-26(20-8-3-2-4-9-20)21-10-6-11-22(16-21)34-27(37)24-17-25(28(29,30)31)35-36(24)23-12-5-7-19(15-23)18-32/h2-12,15-17,26,33H,13-14,18,32H2,1H3,(H,34,37). The van der Waals surface area contributed by atoms with Crippen molar-refractivity contribution in [1.82, 2.24) is 15.1 Å². The highest BCUT2D eigenvalue weighted by atomic mass is 32.2. The Kier molecular flexibility index (Phi) is 8.88. The van der Waals surface area contributed by atoms with Gasteiger partial charge < -0.3 is 16.4 Å². The Morgan fingerprint density at radius 1 is 1.00 bits per heavy atom. The van der Waals surface area contributed by atoms with Crippen LogP contribution in [0.3, 0.4) is 0 Å². The molecular formula is C28H28F3N5OS. The van der Waals surface area contributed by atoms with E-state index in [-0.39, 0.29) is 18.3 Å². The van der Waals surface area contributed by atoms with Crippen molar-refractivity contribution < 1.29 is 18.0 Å². The highest BCUT2D eigenvalue weighted by Crippen LogP contribution is 2.30. The van der Waals surface area contributed by atoms with E-state index >= 15 is 0 Å². The van der Waals surface area contributed by atoms with E-state index in [1.54, 1.807) is 48.2 Å². The molecule has 0 aliphatic heterocycles. The van der Waals surface area contributed by atoms with E-state index in [4.69, 9.17) is 5.73 Å². The van der Waals surface area contributed by atoms with Crippen molar-refractivity contribution in [2.24, 2.45) is 5.73 Å². The molecule has 4 aromatic rings. The third kappa shape index (κ3) is 6.63. The average Bonchev–Trinajstić information content (AvgIpc) is 3.39. The highest BCUT2D eigenvalue weighted by Gasteiger charge is 2.36. The molecule has 4 N–H and O–H groups in total. The number of halogens is 3. The van der Waals surface area contributed by atoms with Crippen molar-refractivity contribution in [2.45, 2.75) is 18.8 Å². The molecule has 1 unspecified atom stereocenters. The van der Waals surface area contributed by atoms with Gasteiger partial charge in [0.15, 0.2) is 5.69 Å². The van der Waals surface area contributed by atoms with Crippen LogP contribution in [0.2, 0.25) is 0 Å². The van der Waals surface area contributed by atoms with E-state index < -0.39 is 17.8 Å². The SMILES string of the molecule is CSCCNC(c1ccccc1)c1cccc(NC(=O)c2cc(C(F)(F)F)nn2-c2cccc(CN)c2)c1. The number of carbonyl (C=O) groups is 1. The molecule has 1 atom stereocenters. The van der Waals surface area contributed by atoms with Gasteiger partial charge in [-0.05, 0) is 47.2 Å². The number of nitrogens with one attached hydrogen (secondary N) is 2. The van der Waals surface area contributed by atoms with Gasteiger partial charge in [-0.2, -0.15) is 30.0 Å². The number of anilines is 1. The van der Waals surface area contributed by atoms with Crippen LogP contribution in [-0.2, 0) is 12.7 Å². The molecule has 38 heavy (non-hydrogen) atoms. The summed E-state index contributed by atoms with van der Waals surface area (Å²) in [5, 5.41) is 9.99. The van der Waals surface area contributed by atoms with Crippen LogP contribution in [0.1, 0.15) is 38.9 Å². The number of alkyl halides is 3. The summed E-state index contributed by atoms with van der Waals surface area (Å²) < 4.78 is 41.6. The highest BCUT2D eigenvalue weighted by molar-refractivity contribution is 7.98. The predicted octanol–water partition coefficient (Wildman–Crippen LogP) is 5.64. The van der Waals surface area contributed by atoms with Crippen molar-refractivity contribution in [3.63, 3.8) is 0 Å². The Balaban J connectivity index is 1.65. The minimum atomic E-state index is -4.71. The maximum Gasteiger partial charge on any atom is 0.435 e. The largest absolute Gasteiger partial charge is 0.435 e. The fraction of sp³-hybridized carbons (Fsp3) is 0.214. The minimum absolute atomic E-state index is 0.124. The number of thioether (sulfide) groups is 1. The number of amides is 1. The summed E-state index contributed by atoms with van der Waals surface area (Å²) in [5.74, 6) is 0.214. The Morgan fingerprint density at radius 3 is 2.45 bits per heavy atom. The second-order valence-electron chi connectivity index (χ2n) is 8.57. The first-order chi connectivity index (χ1) is 18.3. The molecular weight excluding hydrogens is 511 g/mol. The number of hydrogen-bond acceptors (Lipinski definition) is 5. The molecule has 0 fully saturated rings. The number of aromatic nitrogens is 2. The van der Waals surface area contributed by atoms with E-state index in [9.17, 15) is 18.0 Å². The number of benzene rings is 3. The first-order valence-electron chi connectivity index (χ1n) is 12.0. The summed E-state index contributed by atoms with van der Waals surface area (Å²) in [6.07, 6.45) is -2.67. The van der Waals surface area contributed by atoms with Gasteiger partial charge >= 0.3 is 6.18 Å². The number of nitrogens with two attached hydrogens (primary N) is 1. The first-order valence-corrected chi connectivity index (χ1v) is 13.3. The normalized spacial score (nSPS) is 12.3. The summed E-state index contributed by atoms with van der Waals surface area (Å²) in [5.41, 5.74) is 7.74. The zero-order valence-electron chi connectivity index (χ0n) is 20.7. The van der Waals surface area contributed by atoms with Crippen LogP contribution in [0.15, 0.2) is 84.9 Å². The summed E-state index contributed by atoms with van der Waals surface area (Å²) in [6.45, 7) is 0.974. The molecule has 0 aliphatic rings. The summed E-state index contributed by atoms with van der Waals surface area (Å²) in [6, 6.07) is 24.4. The van der Waals surface area contributed by atoms with Crippen molar-refractivity contribution in [3.8, 4) is 5.69 Å². The van der Waals surface area contributed by atoms with E-state index in [2.05, 4.69) is 15.7 Å². The maximum absolute atomic E-state index is 13.5. The van der Waals surface area contributed by atoms with Crippen molar-refractivity contribution in [2.75, 3.05) is 23.9 Å². The zero-order valence-corrected chi connectivity index (χ0v) is 21.5. The van der Waals surface area contributed by atoms with E-state index in [1.807, 2.05) is 48.7 Å². The van der Waals surface area contributed by atoms with Crippen molar-refractivity contribution >= 4 is 23.4 Å². The van der Waals surface area contributed by atoms with Crippen molar-refractivity contribution in [3.05, 3.63) is 113 Å². The number of hydrogen-bond donors (Lipinski definition) is 3. The molecule has 1 amide bonds. The van der Waals surface area contributed by atoms with E-state index in [0.717, 1.165) is 34.2 Å². The fourth-order valence-corrected chi connectivity index (χ4v) is 4.39. The molecule has 10 heteroatoms. The summed E-state index contributed by atoms with van der Waals surface area (Å²) in [7, 11) is 0. The molecule has 4 rings (SSSR count). The Labute approximate surface area is 223 Å². The maximum atomic E-state index is 13.5. The van der Waals surface area contributed by atoms with Gasteiger partial charge in [0.2, 0.25) is 0 Å². The van der Waals surface area contributed by atoms with Gasteiger partial charge in [0.25, 0.3) is 5.91 Å². The lowest BCUT2D eigenvalue weighted by Crippen LogP contribution is -2.25. The molecule has 3 aromatic carbocycles. The number of carbonyl (C=O) groups excluding carboxylic acids is 1. The lowest BCUT2D eigenvalue weighted by Gasteiger charge is -2.20. The van der Waals surface area contributed by atoms with E-state index in [1.165, 1.54) is 0 Å². The van der Waals surface area contributed by atoms with Crippen LogP contribution in [0.4, 0.5) is 18.9 Å². The lowest BCUT2D eigenvalue weighted by molar-refractivity contribution is -0.141. The van der Waals surface area contributed by atoms with Gasteiger partial charge in [-0.15, -0.1) is 0 Å². The molecule has 0 bridgehead atoms. The Bertz CT molecular complexity index is 1370. The van der Waals surface area contributed by atoms with Crippen LogP contribution in [0.5, 0.6) is 0 Å². The van der Waals surface area contributed by atoms with Crippen LogP contribution < -0.4 is 16.4 Å². The zero-order chi connectivity index (χ0) is 27.1. The summed E-state index contributed by atoms with van der Waals surface area (Å²) in [4.78, 5) is 13.3. The van der Waals surface area contributed by atoms with E-state index in [0.29, 0.717) is 16.9 Å². The van der Waals surface area contributed by atoms with Gasteiger partial charge in [0.1, 0.15) is 5.69 Å². The molecule has 198 valence electrons. The minimum Gasteiger partial charge on any atom is -0.326 e. The van der Waals surface area contributed by atoms with Gasteiger partial charge in [0.05, 0.1) is 11.7 Å². The van der Waals surface area contributed by atoms with Crippen molar-refractivity contribution in [1.29, 1.82) is 0 Å². The first kappa shape index (κ1) is 27.4. The second kappa shape index (κ2) is 12.3.